The Morgan fingerprint density at radius 2 is 2.00 bits per heavy atom. The van der Waals surface area contributed by atoms with E-state index in [1.807, 2.05) is 12.3 Å². The molecular weight excluding hydrogens is 292 g/mol. The molecular formula is C14H12N2O4S. The van der Waals surface area contributed by atoms with Gasteiger partial charge in [-0.1, -0.05) is 12.1 Å². The maximum Gasteiger partial charge on any atom is 0.311 e. The summed E-state index contributed by atoms with van der Waals surface area (Å²) >= 11 is 1.53. The minimum atomic E-state index is -0.736. The fourth-order valence-electron chi connectivity index (χ4n) is 1.76. The van der Waals surface area contributed by atoms with Crippen molar-refractivity contribution in [2.24, 2.45) is 0 Å². The summed E-state index contributed by atoms with van der Waals surface area (Å²) in [6.07, 6.45) is 1.91. The zero-order valence-electron chi connectivity index (χ0n) is 11.1. The first-order valence-corrected chi connectivity index (χ1v) is 7.17. The van der Waals surface area contributed by atoms with Crippen molar-refractivity contribution < 1.29 is 14.8 Å². The molecule has 0 saturated heterocycles. The van der Waals surface area contributed by atoms with Crippen LogP contribution >= 0.6 is 11.8 Å². The highest BCUT2D eigenvalue weighted by atomic mass is 32.2. The lowest BCUT2D eigenvalue weighted by molar-refractivity contribution is -0.385. The molecule has 0 aliphatic rings. The molecule has 2 rings (SSSR count). The quantitative estimate of drug-likeness (QED) is 0.514. The highest BCUT2D eigenvalue weighted by Crippen LogP contribution is 2.30. The molecule has 2 aromatic rings. The number of anilines is 1. The van der Waals surface area contributed by atoms with Crippen LogP contribution in [0, 0.1) is 10.1 Å². The van der Waals surface area contributed by atoms with Crippen LogP contribution in [0.5, 0.6) is 5.75 Å². The Labute approximate surface area is 125 Å². The maximum absolute atomic E-state index is 12.1. The number of nitrogens with zero attached hydrogens (tertiary/aromatic N) is 1. The average Bonchev–Trinajstić information content (AvgIpc) is 2.47. The fraction of sp³-hybridized carbons (Fsp3) is 0.0714. The van der Waals surface area contributed by atoms with Crippen molar-refractivity contribution in [1.29, 1.82) is 0 Å². The number of nitro benzene ring substituents is 1. The van der Waals surface area contributed by atoms with Crippen molar-refractivity contribution in [2.45, 2.75) is 4.90 Å². The third-order valence-corrected chi connectivity index (χ3v) is 3.51. The molecule has 0 aromatic heterocycles. The number of nitro groups is 1. The van der Waals surface area contributed by atoms with E-state index in [0.717, 1.165) is 11.0 Å². The number of phenolic OH excluding ortho intramolecular Hbond substituents is 1. The van der Waals surface area contributed by atoms with Crippen LogP contribution in [-0.4, -0.2) is 22.2 Å². The monoisotopic (exact) mass is 304 g/mol. The fourth-order valence-corrected chi connectivity index (χ4v) is 2.22. The molecule has 0 aliphatic heterocycles. The van der Waals surface area contributed by atoms with Crippen molar-refractivity contribution in [1.82, 2.24) is 0 Å². The van der Waals surface area contributed by atoms with Gasteiger partial charge in [-0.15, -0.1) is 11.8 Å². The molecule has 0 fully saturated rings. The van der Waals surface area contributed by atoms with Crippen LogP contribution < -0.4 is 5.32 Å². The Balaban J connectivity index is 2.28. The van der Waals surface area contributed by atoms with Crippen LogP contribution in [0.4, 0.5) is 11.4 Å². The summed E-state index contributed by atoms with van der Waals surface area (Å²) in [6.45, 7) is 0. The number of nitrogens with one attached hydrogen (secondary N) is 1. The number of aromatic hydroxyl groups is 1. The van der Waals surface area contributed by atoms with Gasteiger partial charge >= 0.3 is 5.69 Å². The summed E-state index contributed by atoms with van der Waals surface area (Å²) in [7, 11) is 0. The van der Waals surface area contributed by atoms with Gasteiger partial charge in [0.25, 0.3) is 5.91 Å². The Kier molecular flexibility index (Phi) is 4.44. The Morgan fingerprint density at radius 1 is 1.29 bits per heavy atom. The van der Waals surface area contributed by atoms with E-state index in [1.54, 1.807) is 18.2 Å². The number of hydrogen-bond acceptors (Lipinski definition) is 5. The second kappa shape index (κ2) is 6.27. The lowest BCUT2D eigenvalue weighted by Crippen LogP contribution is -2.12. The van der Waals surface area contributed by atoms with E-state index in [1.165, 1.54) is 23.9 Å². The lowest BCUT2D eigenvalue weighted by Gasteiger charge is -2.08. The summed E-state index contributed by atoms with van der Waals surface area (Å²) < 4.78 is 0. The molecule has 7 heteroatoms. The highest BCUT2D eigenvalue weighted by molar-refractivity contribution is 7.98. The molecule has 0 bridgehead atoms. The zero-order chi connectivity index (χ0) is 15.4. The van der Waals surface area contributed by atoms with Gasteiger partial charge in [-0.3, -0.25) is 14.9 Å². The predicted molar refractivity (Wildman–Crippen MR) is 80.9 cm³/mol. The molecule has 0 aliphatic carbocycles. The summed E-state index contributed by atoms with van der Waals surface area (Å²) in [4.78, 5) is 23.1. The van der Waals surface area contributed by atoms with Gasteiger partial charge in [0.05, 0.1) is 10.5 Å². The van der Waals surface area contributed by atoms with Crippen LogP contribution in [0.15, 0.2) is 47.4 Å². The van der Waals surface area contributed by atoms with Gasteiger partial charge in [-0.25, -0.2) is 0 Å². The summed E-state index contributed by atoms with van der Waals surface area (Å²) in [5, 5.41) is 23.2. The summed E-state index contributed by atoms with van der Waals surface area (Å²) in [6, 6.07) is 11.0. The highest BCUT2D eigenvalue weighted by Gasteiger charge is 2.20. The van der Waals surface area contributed by atoms with E-state index < -0.39 is 22.3 Å². The molecule has 108 valence electrons. The number of rotatable bonds is 4. The van der Waals surface area contributed by atoms with Crippen molar-refractivity contribution in [3.8, 4) is 5.75 Å². The van der Waals surface area contributed by atoms with Crippen molar-refractivity contribution in [3.63, 3.8) is 0 Å². The molecule has 2 aromatic carbocycles. The largest absolute Gasteiger partial charge is 0.502 e. The SMILES string of the molecule is CSc1cccc(NC(=O)c2cccc([N+](=O)[O-])c2O)c1. The number of carbonyl (C=O) groups excluding carboxylic acids is 1. The molecule has 0 radical (unpaired) electrons. The molecule has 0 unspecified atom stereocenters. The molecule has 0 spiro atoms. The third-order valence-electron chi connectivity index (χ3n) is 2.78. The van der Waals surface area contributed by atoms with Gasteiger partial charge in [0, 0.05) is 16.6 Å². The maximum atomic E-state index is 12.1. The molecule has 0 saturated carbocycles. The number of hydrogen-bond donors (Lipinski definition) is 2. The normalized spacial score (nSPS) is 10.1. The number of benzene rings is 2. The molecule has 0 heterocycles. The smallest absolute Gasteiger partial charge is 0.311 e. The van der Waals surface area contributed by atoms with Crippen LogP contribution in [0.25, 0.3) is 0 Å². The first kappa shape index (κ1) is 14.9. The lowest BCUT2D eigenvalue weighted by atomic mass is 10.1. The number of phenols is 1. The second-order valence-corrected chi connectivity index (χ2v) is 5.00. The topological polar surface area (TPSA) is 92.5 Å². The van der Waals surface area contributed by atoms with Crippen molar-refractivity contribution >= 4 is 29.0 Å². The summed E-state index contributed by atoms with van der Waals surface area (Å²) in [5.41, 5.74) is -0.0861. The van der Waals surface area contributed by atoms with Gasteiger partial charge in [0.1, 0.15) is 0 Å². The minimum Gasteiger partial charge on any atom is -0.502 e. The predicted octanol–water partition coefficient (Wildman–Crippen LogP) is 3.27. The second-order valence-electron chi connectivity index (χ2n) is 4.12. The Morgan fingerprint density at radius 3 is 2.67 bits per heavy atom. The van der Waals surface area contributed by atoms with Crippen molar-refractivity contribution in [3.05, 3.63) is 58.1 Å². The van der Waals surface area contributed by atoms with Crippen molar-refractivity contribution in [2.75, 3.05) is 11.6 Å². The number of amides is 1. The van der Waals surface area contributed by atoms with Crippen LogP contribution in [0.3, 0.4) is 0 Å². The van der Waals surface area contributed by atoms with Gasteiger partial charge < -0.3 is 10.4 Å². The molecule has 0 atom stereocenters. The van der Waals surface area contributed by atoms with E-state index in [9.17, 15) is 20.0 Å². The minimum absolute atomic E-state index is 0.140. The van der Waals surface area contributed by atoms with E-state index in [-0.39, 0.29) is 5.56 Å². The standard InChI is InChI=1S/C14H12N2O4S/c1-21-10-5-2-4-9(8-10)15-14(18)11-6-3-7-12(13(11)17)16(19)20/h2-8,17H,1H3,(H,15,18). The average molecular weight is 304 g/mol. The molecule has 21 heavy (non-hydrogen) atoms. The van der Waals surface area contributed by atoms with Gasteiger partial charge in [-0.2, -0.15) is 0 Å². The van der Waals surface area contributed by atoms with Gasteiger partial charge in [-0.05, 0) is 30.5 Å². The molecule has 2 N–H and O–H groups in total. The Bertz CT molecular complexity index is 703. The van der Waals surface area contributed by atoms with E-state index in [0.29, 0.717) is 5.69 Å². The van der Waals surface area contributed by atoms with Gasteiger partial charge in [0.2, 0.25) is 5.75 Å². The number of thioether (sulfide) groups is 1. The molecule has 1 amide bonds. The Hall–Kier alpha value is -2.54. The summed E-state index contributed by atoms with van der Waals surface area (Å²) in [5.74, 6) is -1.24. The van der Waals surface area contributed by atoms with E-state index >= 15 is 0 Å². The van der Waals surface area contributed by atoms with Crippen LogP contribution in [0.2, 0.25) is 0 Å². The third kappa shape index (κ3) is 3.32. The number of carbonyl (C=O) groups is 1. The van der Waals surface area contributed by atoms with E-state index in [4.69, 9.17) is 0 Å². The van der Waals surface area contributed by atoms with Crippen LogP contribution in [0.1, 0.15) is 10.4 Å². The molecule has 6 nitrogen and oxygen atoms in total. The van der Waals surface area contributed by atoms with E-state index in [2.05, 4.69) is 5.32 Å². The zero-order valence-corrected chi connectivity index (χ0v) is 11.9. The number of para-hydroxylation sites is 1. The first-order valence-electron chi connectivity index (χ1n) is 5.94. The van der Waals surface area contributed by atoms with Crippen LogP contribution in [-0.2, 0) is 0 Å². The first-order chi connectivity index (χ1) is 10.0. The van der Waals surface area contributed by atoms with Gasteiger partial charge in [0.15, 0.2) is 0 Å².